The van der Waals surface area contributed by atoms with Crippen LogP contribution >= 0.6 is 11.3 Å². The number of halogens is 2. The third-order valence-electron chi connectivity index (χ3n) is 7.62. The van der Waals surface area contributed by atoms with Gasteiger partial charge in [-0.2, -0.15) is 8.78 Å². The van der Waals surface area contributed by atoms with Crippen molar-refractivity contribution in [2.75, 3.05) is 11.6 Å². The van der Waals surface area contributed by atoms with E-state index in [4.69, 9.17) is 4.98 Å². The van der Waals surface area contributed by atoms with Crippen LogP contribution in [0.1, 0.15) is 78.9 Å². The van der Waals surface area contributed by atoms with Crippen LogP contribution in [-0.2, 0) is 34.1 Å². The summed E-state index contributed by atoms with van der Waals surface area (Å²) < 4.78 is 50.8. The van der Waals surface area contributed by atoms with Crippen molar-refractivity contribution in [2.45, 2.75) is 76.0 Å². The summed E-state index contributed by atoms with van der Waals surface area (Å²) in [6, 6.07) is 7.90. The first-order valence-electron chi connectivity index (χ1n) is 13.3. The van der Waals surface area contributed by atoms with Crippen LogP contribution in [0.4, 0.5) is 13.9 Å². The molecule has 214 valence electrons. The van der Waals surface area contributed by atoms with E-state index in [1.165, 1.54) is 29.7 Å². The molecule has 1 saturated carbocycles. The Morgan fingerprint density at radius 3 is 2.52 bits per heavy atom. The van der Waals surface area contributed by atoms with E-state index >= 15 is 0 Å². The molecule has 1 atom stereocenters. The molecule has 40 heavy (non-hydrogen) atoms. The van der Waals surface area contributed by atoms with Crippen LogP contribution < -0.4 is 10.9 Å². The molecule has 3 aromatic rings. The maximum Gasteiger partial charge on any atom is 0.321 e. The predicted octanol–water partition coefficient (Wildman–Crippen LogP) is 5.27. The van der Waals surface area contributed by atoms with E-state index in [0.717, 1.165) is 47.2 Å². The molecule has 1 aliphatic heterocycles. The second-order valence-corrected chi connectivity index (χ2v) is 14.0. The van der Waals surface area contributed by atoms with E-state index in [9.17, 15) is 26.8 Å². The predicted molar refractivity (Wildman–Crippen MR) is 149 cm³/mol. The van der Waals surface area contributed by atoms with Crippen molar-refractivity contribution in [3.05, 3.63) is 74.1 Å². The topological polar surface area (TPSA) is 101 Å². The van der Waals surface area contributed by atoms with E-state index in [2.05, 4.69) is 24.1 Å². The number of carbonyl (C=O) groups excluding carboxylic acids is 1. The number of alkyl halides is 2. The van der Waals surface area contributed by atoms with Crippen LogP contribution in [0.5, 0.6) is 0 Å². The Morgan fingerprint density at radius 1 is 1.18 bits per heavy atom. The van der Waals surface area contributed by atoms with Crippen LogP contribution in [0.25, 0.3) is 0 Å². The standard InChI is InChI=1S/C28H32F2N4O4S2/c1-16(2)26-25-21(15-33(26)14-18-9-10-34(27(29)30)24(36)13-18)39-28(32-25)31-23(35)12-17-7-8-22(40(3,37)38)20(11-17)19-5-4-6-19/h7-11,13,16,19,26-27H,4-6,12,14-15H2,1-3H3,(H,31,32,35)/t26-/m0/s1. The molecule has 1 aromatic carbocycles. The lowest BCUT2D eigenvalue weighted by Crippen LogP contribution is -2.27. The fraction of sp³-hybridized carbons (Fsp3) is 0.464. The van der Waals surface area contributed by atoms with Crippen molar-refractivity contribution in [1.29, 1.82) is 0 Å². The Labute approximate surface area is 236 Å². The van der Waals surface area contributed by atoms with Crippen LogP contribution in [0.3, 0.4) is 0 Å². The molecule has 12 heteroatoms. The molecule has 1 aliphatic carbocycles. The van der Waals surface area contributed by atoms with Crippen LogP contribution in [0.15, 0.2) is 46.2 Å². The Morgan fingerprint density at radius 2 is 1.93 bits per heavy atom. The zero-order chi connectivity index (χ0) is 28.8. The lowest BCUT2D eigenvalue weighted by Gasteiger charge is -2.28. The summed E-state index contributed by atoms with van der Waals surface area (Å²) in [6.45, 7) is 2.25. The Hall–Kier alpha value is -2.96. The highest BCUT2D eigenvalue weighted by atomic mass is 32.2. The number of nitrogens with zero attached hydrogens (tertiary/aromatic N) is 3. The summed E-state index contributed by atoms with van der Waals surface area (Å²) in [5, 5.41) is 3.41. The average Bonchev–Trinajstić information content (AvgIpc) is 3.33. The number of benzene rings is 1. The normalized spacial score (nSPS) is 17.8. The second kappa shape index (κ2) is 11.1. The highest BCUT2D eigenvalue weighted by Crippen LogP contribution is 2.43. The lowest BCUT2D eigenvalue weighted by molar-refractivity contribution is -0.115. The molecular weight excluding hydrogens is 558 g/mol. The van der Waals surface area contributed by atoms with Gasteiger partial charge >= 0.3 is 6.55 Å². The average molecular weight is 591 g/mol. The number of thiazole rings is 1. The molecule has 8 nitrogen and oxygen atoms in total. The van der Waals surface area contributed by atoms with E-state index in [-0.39, 0.29) is 30.2 Å². The van der Waals surface area contributed by atoms with Crippen molar-refractivity contribution in [3.63, 3.8) is 0 Å². The largest absolute Gasteiger partial charge is 0.321 e. The molecule has 2 aromatic heterocycles. The third-order valence-corrected chi connectivity index (χ3v) is 9.76. The molecule has 0 bridgehead atoms. The van der Waals surface area contributed by atoms with Crippen LogP contribution in [0.2, 0.25) is 0 Å². The number of sulfone groups is 1. The van der Waals surface area contributed by atoms with Gasteiger partial charge in [0.15, 0.2) is 15.0 Å². The van der Waals surface area contributed by atoms with Gasteiger partial charge in [-0.15, -0.1) is 11.3 Å². The monoisotopic (exact) mass is 590 g/mol. The first-order chi connectivity index (χ1) is 18.9. The number of amides is 1. The summed E-state index contributed by atoms with van der Waals surface area (Å²) in [5.41, 5.74) is 2.35. The maximum absolute atomic E-state index is 12.9. The zero-order valence-electron chi connectivity index (χ0n) is 22.6. The van der Waals surface area contributed by atoms with Gasteiger partial charge in [0.2, 0.25) is 5.91 Å². The molecule has 5 rings (SSSR count). The van der Waals surface area contributed by atoms with Gasteiger partial charge in [0, 0.05) is 36.5 Å². The molecule has 2 aliphatic rings. The molecule has 1 fully saturated rings. The zero-order valence-corrected chi connectivity index (χ0v) is 24.2. The van der Waals surface area contributed by atoms with Gasteiger partial charge < -0.3 is 5.32 Å². The van der Waals surface area contributed by atoms with E-state index in [1.807, 2.05) is 6.07 Å². The Kier molecular flexibility index (Phi) is 7.95. The van der Waals surface area contributed by atoms with E-state index in [1.54, 1.807) is 12.1 Å². The highest BCUT2D eigenvalue weighted by Gasteiger charge is 2.36. The molecule has 1 N–H and O–H groups in total. The maximum atomic E-state index is 12.9. The van der Waals surface area contributed by atoms with Gasteiger partial charge in [0.05, 0.1) is 23.1 Å². The quantitative estimate of drug-likeness (QED) is 0.365. The number of nitrogens with one attached hydrogen (secondary N) is 1. The van der Waals surface area contributed by atoms with Crippen molar-refractivity contribution in [3.8, 4) is 0 Å². The molecule has 3 heterocycles. The molecule has 0 spiro atoms. The van der Waals surface area contributed by atoms with E-state index < -0.39 is 21.9 Å². The minimum atomic E-state index is -3.35. The number of hydrogen-bond donors (Lipinski definition) is 1. The van der Waals surface area contributed by atoms with Crippen LogP contribution in [-0.4, -0.2) is 35.0 Å². The first kappa shape index (κ1) is 28.6. The Bertz CT molecular complexity index is 1600. The van der Waals surface area contributed by atoms with Crippen LogP contribution in [0, 0.1) is 5.92 Å². The minimum absolute atomic E-state index is 0.0528. The summed E-state index contributed by atoms with van der Waals surface area (Å²) in [5.74, 6) is 0.176. The number of fused-ring (bicyclic) bond motifs is 1. The van der Waals surface area contributed by atoms with Crippen molar-refractivity contribution < 1.29 is 22.0 Å². The fourth-order valence-electron chi connectivity index (χ4n) is 5.57. The summed E-state index contributed by atoms with van der Waals surface area (Å²) in [7, 11) is -3.35. The molecule has 0 unspecified atom stereocenters. The van der Waals surface area contributed by atoms with Gasteiger partial charge in [0.25, 0.3) is 5.56 Å². The highest BCUT2D eigenvalue weighted by molar-refractivity contribution is 7.90. The van der Waals surface area contributed by atoms with Crippen molar-refractivity contribution >= 4 is 32.2 Å². The lowest BCUT2D eigenvalue weighted by atomic mass is 9.79. The van der Waals surface area contributed by atoms with Gasteiger partial charge in [-0.3, -0.25) is 19.1 Å². The Balaban J connectivity index is 1.28. The first-order valence-corrected chi connectivity index (χ1v) is 16.0. The molecule has 1 amide bonds. The summed E-state index contributed by atoms with van der Waals surface area (Å²) >= 11 is 1.40. The van der Waals surface area contributed by atoms with Gasteiger partial charge in [-0.1, -0.05) is 32.4 Å². The molecule has 0 radical (unpaired) electrons. The number of anilines is 1. The molecular formula is C28H32F2N4O4S2. The number of hydrogen-bond acceptors (Lipinski definition) is 7. The minimum Gasteiger partial charge on any atom is -0.302 e. The van der Waals surface area contributed by atoms with Crippen molar-refractivity contribution in [1.82, 2.24) is 14.5 Å². The SMILES string of the molecule is CC(C)[C@H]1c2nc(NC(=O)Cc3ccc(S(C)(=O)=O)c(C4CCC4)c3)sc2CN1Cc1ccn(C(F)F)c(=O)c1. The van der Waals surface area contributed by atoms with E-state index in [0.29, 0.717) is 33.2 Å². The summed E-state index contributed by atoms with van der Waals surface area (Å²) in [4.78, 5) is 33.2. The number of carbonyl (C=O) groups is 1. The fourth-order valence-corrected chi connectivity index (χ4v) is 7.58. The number of pyridine rings is 1. The third kappa shape index (κ3) is 5.89. The number of aromatic nitrogens is 2. The van der Waals surface area contributed by atoms with Gasteiger partial charge in [-0.05, 0) is 53.5 Å². The molecule has 0 saturated heterocycles. The number of rotatable bonds is 9. The smallest absolute Gasteiger partial charge is 0.302 e. The van der Waals surface area contributed by atoms with Crippen molar-refractivity contribution in [2.24, 2.45) is 5.92 Å². The van der Waals surface area contributed by atoms with Gasteiger partial charge in [0.1, 0.15) is 0 Å². The second-order valence-electron chi connectivity index (χ2n) is 11.0. The van der Waals surface area contributed by atoms with Gasteiger partial charge in [-0.25, -0.2) is 13.4 Å². The summed E-state index contributed by atoms with van der Waals surface area (Å²) in [6.07, 6.45) is 5.43.